The minimum absolute atomic E-state index is 0.0598. The van der Waals surface area contributed by atoms with E-state index in [0.29, 0.717) is 13.0 Å². The maximum absolute atomic E-state index is 10.9. The molecule has 0 saturated carbocycles. The third-order valence-electron chi connectivity index (χ3n) is 2.11. The number of hydrogen-bond donors (Lipinski definition) is 2. The summed E-state index contributed by atoms with van der Waals surface area (Å²) in [6.07, 6.45) is 2.36. The van der Waals surface area contributed by atoms with Gasteiger partial charge in [0.15, 0.2) is 0 Å². The third kappa shape index (κ3) is 4.56. The Hall–Kier alpha value is -1.42. The third-order valence-corrected chi connectivity index (χ3v) is 2.11. The molecule has 0 aliphatic carbocycles. The van der Waals surface area contributed by atoms with Crippen LogP contribution in [0.2, 0.25) is 0 Å². The van der Waals surface area contributed by atoms with Crippen LogP contribution < -0.4 is 10.6 Å². The Labute approximate surface area is 90.1 Å². The monoisotopic (exact) mass is 207 g/mol. The molecule has 0 aromatic carbocycles. The second-order valence-corrected chi connectivity index (χ2v) is 3.41. The van der Waals surface area contributed by atoms with E-state index >= 15 is 0 Å². The van der Waals surface area contributed by atoms with Crippen LogP contribution in [0.5, 0.6) is 0 Å². The molecule has 0 atom stereocenters. The van der Waals surface area contributed by atoms with Gasteiger partial charge in [0.25, 0.3) is 0 Å². The molecular formula is C11H17N3O. The molecule has 1 heterocycles. The van der Waals surface area contributed by atoms with Crippen LogP contribution in [0, 0.1) is 6.92 Å². The fourth-order valence-electron chi connectivity index (χ4n) is 1.16. The number of aryl methyl sites for hydroxylation is 1. The van der Waals surface area contributed by atoms with Crippen LogP contribution >= 0.6 is 0 Å². The topological polar surface area (TPSA) is 54.0 Å². The number of rotatable bonds is 5. The summed E-state index contributed by atoms with van der Waals surface area (Å²) >= 11 is 0. The average Bonchev–Trinajstić information content (AvgIpc) is 2.26. The van der Waals surface area contributed by atoms with Crippen LogP contribution in [0.15, 0.2) is 18.3 Å². The molecular weight excluding hydrogens is 190 g/mol. The quantitative estimate of drug-likeness (QED) is 0.696. The van der Waals surface area contributed by atoms with Crippen molar-refractivity contribution in [3.05, 3.63) is 29.6 Å². The summed E-state index contributed by atoms with van der Waals surface area (Å²) in [5.74, 6) is 0.0598. The summed E-state index contributed by atoms with van der Waals surface area (Å²) in [6, 6.07) is 4.02. The highest BCUT2D eigenvalue weighted by atomic mass is 16.1. The first-order chi connectivity index (χ1) is 7.22. The van der Waals surface area contributed by atoms with Gasteiger partial charge in [0.1, 0.15) is 0 Å². The molecule has 0 bridgehead atoms. The predicted molar refractivity (Wildman–Crippen MR) is 59.4 cm³/mol. The van der Waals surface area contributed by atoms with Crippen molar-refractivity contribution in [2.75, 3.05) is 13.6 Å². The smallest absolute Gasteiger partial charge is 0.221 e. The van der Waals surface area contributed by atoms with Gasteiger partial charge < -0.3 is 10.6 Å². The molecule has 1 aromatic heterocycles. The maximum Gasteiger partial charge on any atom is 0.221 e. The summed E-state index contributed by atoms with van der Waals surface area (Å²) in [7, 11) is 1.65. The Balaban J connectivity index is 2.20. The van der Waals surface area contributed by atoms with E-state index in [9.17, 15) is 4.79 Å². The summed E-state index contributed by atoms with van der Waals surface area (Å²) in [5.41, 5.74) is 2.15. The summed E-state index contributed by atoms with van der Waals surface area (Å²) < 4.78 is 0. The first kappa shape index (κ1) is 11.7. The number of nitrogens with zero attached hydrogens (tertiary/aromatic N) is 1. The van der Waals surface area contributed by atoms with Gasteiger partial charge in [-0.05, 0) is 18.6 Å². The summed E-state index contributed by atoms with van der Waals surface area (Å²) in [5, 5.41) is 5.77. The molecule has 1 amide bonds. The van der Waals surface area contributed by atoms with E-state index in [2.05, 4.69) is 15.6 Å². The van der Waals surface area contributed by atoms with E-state index in [-0.39, 0.29) is 5.91 Å². The Kier molecular flexibility index (Phi) is 4.77. The molecule has 0 unspecified atom stereocenters. The van der Waals surface area contributed by atoms with Crippen molar-refractivity contribution in [3.63, 3.8) is 0 Å². The van der Waals surface area contributed by atoms with Crippen LogP contribution in [0.3, 0.4) is 0 Å². The zero-order valence-corrected chi connectivity index (χ0v) is 9.21. The van der Waals surface area contributed by atoms with Crippen molar-refractivity contribution in [3.8, 4) is 0 Å². The number of amides is 1. The number of nitrogens with one attached hydrogen (secondary N) is 2. The molecule has 1 rings (SSSR count). The van der Waals surface area contributed by atoms with E-state index in [0.717, 1.165) is 17.8 Å². The highest BCUT2D eigenvalue weighted by Crippen LogP contribution is 1.98. The van der Waals surface area contributed by atoms with Gasteiger partial charge in [-0.1, -0.05) is 6.07 Å². The molecule has 1 aromatic rings. The lowest BCUT2D eigenvalue weighted by Gasteiger charge is -2.04. The maximum atomic E-state index is 10.9. The Bertz CT molecular complexity index is 308. The lowest BCUT2D eigenvalue weighted by Crippen LogP contribution is -2.24. The molecule has 0 aliphatic rings. The Morgan fingerprint density at radius 3 is 2.87 bits per heavy atom. The predicted octanol–water partition coefficient (Wildman–Crippen LogP) is 0.616. The molecule has 0 fully saturated rings. The van der Waals surface area contributed by atoms with Gasteiger partial charge in [-0.15, -0.1) is 0 Å². The van der Waals surface area contributed by atoms with Gasteiger partial charge in [0, 0.05) is 38.4 Å². The van der Waals surface area contributed by atoms with Crippen LogP contribution in [0.1, 0.15) is 17.7 Å². The van der Waals surface area contributed by atoms with Gasteiger partial charge >= 0.3 is 0 Å². The normalized spacial score (nSPS) is 10.0. The van der Waals surface area contributed by atoms with Crippen LogP contribution in [0.25, 0.3) is 0 Å². The van der Waals surface area contributed by atoms with Crippen molar-refractivity contribution in [2.24, 2.45) is 0 Å². The first-order valence-electron chi connectivity index (χ1n) is 5.05. The van der Waals surface area contributed by atoms with E-state index < -0.39 is 0 Å². The van der Waals surface area contributed by atoms with E-state index in [1.165, 1.54) is 0 Å². The van der Waals surface area contributed by atoms with Crippen LogP contribution in [-0.4, -0.2) is 24.5 Å². The van der Waals surface area contributed by atoms with Crippen molar-refractivity contribution in [1.29, 1.82) is 0 Å². The standard InChI is InChI=1S/C11H17N3O/c1-9-3-4-10(8-14-9)7-13-6-5-11(15)12-2/h3-4,8,13H,5-7H2,1-2H3,(H,12,15). The number of carbonyl (C=O) groups excluding carboxylic acids is 1. The molecule has 4 nitrogen and oxygen atoms in total. The van der Waals surface area contributed by atoms with Gasteiger partial charge in [-0.2, -0.15) is 0 Å². The van der Waals surface area contributed by atoms with Crippen molar-refractivity contribution < 1.29 is 4.79 Å². The number of hydrogen-bond acceptors (Lipinski definition) is 3. The van der Waals surface area contributed by atoms with Crippen LogP contribution in [0.4, 0.5) is 0 Å². The van der Waals surface area contributed by atoms with Gasteiger partial charge in [0.05, 0.1) is 0 Å². The SMILES string of the molecule is CNC(=O)CCNCc1ccc(C)nc1. The van der Waals surface area contributed by atoms with E-state index in [4.69, 9.17) is 0 Å². The first-order valence-corrected chi connectivity index (χ1v) is 5.05. The van der Waals surface area contributed by atoms with Gasteiger partial charge in [-0.3, -0.25) is 9.78 Å². The highest BCUT2D eigenvalue weighted by molar-refractivity contribution is 5.75. The fourth-order valence-corrected chi connectivity index (χ4v) is 1.16. The Morgan fingerprint density at radius 2 is 2.27 bits per heavy atom. The average molecular weight is 207 g/mol. The van der Waals surface area contributed by atoms with Crippen molar-refractivity contribution >= 4 is 5.91 Å². The number of aromatic nitrogens is 1. The van der Waals surface area contributed by atoms with Crippen LogP contribution in [-0.2, 0) is 11.3 Å². The van der Waals surface area contributed by atoms with Gasteiger partial charge in [-0.25, -0.2) is 0 Å². The second-order valence-electron chi connectivity index (χ2n) is 3.41. The molecule has 82 valence electrons. The lowest BCUT2D eigenvalue weighted by atomic mass is 10.2. The second kappa shape index (κ2) is 6.14. The molecule has 0 radical (unpaired) electrons. The fraction of sp³-hybridized carbons (Fsp3) is 0.455. The molecule has 0 aliphatic heterocycles. The van der Waals surface area contributed by atoms with E-state index in [1.807, 2.05) is 25.3 Å². The minimum atomic E-state index is 0.0598. The number of carbonyl (C=O) groups is 1. The lowest BCUT2D eigenvalue weighted by molar-refractivity contribution is -0.120. The Morgan fingerprint density at radius 1 is 1.47 bits per heavy atom. The largest absolute Gasteiger partial charge is 0.359 e. The molecule has 0 saturated heterocycles. The molecule has 0 spiro atoms. The number of pyridine rings is 1. The molecule has 4 heteroatoms. The van der Waals surface area contributed by atoms with Crippen molar-refractivity contribution in [2.45, 2.75) is 19.9 Å². The zero-order valence-electron chi connectivity index (χ0n) is 9.21. The summed E-state index contributed by atoms with van der Waals surface area (Å²) in [4.78, 5) is 15.1. The molecule has 2 N–H and O–H groups in total. The van der Waals surface area contributed by atoms with E-state index in [1.54, 1.807) is 7.05 Å². The highest BCUT2D eigenvalue weighted by Gasteiger charge is 1.97. The summed E-state index contributed by atoms with van der Waals surface area (Å²) in [6.45, 7) is 3.40. The zero-order chi connectivity index (χ0) is 11.1. The molecule has 15 heavy (non-hydrogen) atoms. The van der Waals surface area contributed by atoms with Gasteiger partial charge in [0.2, 0.25) is 5.91 Å². The van der Waals surface area contributed by atoms with Crippen molar-refractivity contribution in [1.82, 2.24) is 15.6 Å². The minimum Gasteiger partial charge on any atom is -0.359 e.